The van der Waals surface area contributed by atoms with Crippen LogP contribution in [0.5, 0.6) is 0 Å². The zero-order valence-electron chi connectivity index (χ0n) is 9.88. The van der Waals surface area contributed by atoms with Gasteiger partial charge in [0.05, 0.1) is 12.2 Å². The highest BCUT2D eigenvalue weighted by Crippen LogP contribution is 2.11. The Morgan fingerprint density at radius 3 is 2.89 bits per heavy atom. The molecule has 0 aliphatic carbocycles. The Hall–Kier alpha value is -1.01. The fourth-order valence-electron chi connectivity index (χ4n) is 1.38. The van der Waals surface area contributed by atoms with Crippen molar-refractivity contribution in [3.63, 3.8) is 0 Å². The van der Waals surface area contributed by atoms with E-state index in [9.17, 15) is 13.6 Å². The van der Waals surface area contributed by atoms with Crippen molar-refractivity contribution in [3.8, 4) is 0 Å². The molecule has 1 atom stereocenters. The number of hydrogen-bond acceptors (Lipinski definition) is 2. The summed E-state index contributed by atoms with van der Waals surface area (Å²) >= 11 is 3.36. The Bertz CT molecular complexity index is 415. The minimum Gasteiger partial charge on any atom is -0.384 e. The average molecular weight is 322 g/mol. The number of rotatable bonds is 6. The first-order valence-electron chi connectivity index (χ1n) is 5.41. The second-order valence-electron chi connectivity index (χ2n) is 3.70. The SMILES string of the molecule is COCC(Br)CCNC(=O)c1cccc(F)c1F. The lowest BCUT2D eigenvalue weighted by Gasteiger charge is -2.10. The summed E-state index contributed by atoms with van der Waals surface area (Å²) in [7, 11) is 1.58. The van der Waals surface area contributed by atoms with Crippen molar-refractivity contribution >= 4 is 21.8 Å². The first kappa shape index (κ1) is 15.0. The number of halogens is 3. The van der Waals surface area contributed by atoms with Crippen molar-refractivity contribution < 1.29 is 18.3 Å². The van der Waals surface area contributed by atoms with Crippen LogP contribution in [0.3, 0.4) is 0 Å². The van der Waals surface area contributed by atoms with Crippen LogP contribution in [0.2, 0.25) is 0 Å². The van der Waals surface area contributed by atoms with E-state index in [-0.39, 0.29) is 10.4 Å². The van der Waals surface area contributed by atoms with E-state index >= 15 is 0 Å². The molecule has 0 aromatic heterocycles. The number of amides is 1. The molecule has 0 aliphatic rings. The molecule has 3 nitrogen and oxygen atoms in total. The van der Waals surface area contributed by atoms with E-state index in [1.165, 1.54) is 12.1 Å². The Kier molecular flexibility index (Phi) is 6.21. The molecule has 1 unspecified atom stereocenters. The molecule has 1 rings (SSSR count). The van der Waals surface area contributed by atoms with Crippen LogP contribution in [0, 0.1) is 11.6 Å². The van der Waals surface area contributed by atoms with Crippen molar-refractivity contribution in [3.05, 3.63) is 35.4 Å². The predicted octanol–water partition coefficient (Wildman–Crippen LogP) is 2.49. The molecule has 0 heterocycles. The molecule has 0 fully saturated rings. The quantitative estimate of drug-likeness (QED) is 0.817. The van der Waals surface area contributed by atoms with Crippen LogP contribution in [-0.2, 0) is 4.74 Å². The second kappa shape index (κ2) is 7.43. The van der Waals surface area contributed by atoms with E-state index in [0.717, 1.165) is 6.07 Å². The third-order valence-corrected chi connectivity index (χ3v) is 3.01. The van der Waals surface area contributed by atoms with Gasteiger partial charge in [-0.2, -0.15) is 0 Å². The van der Waals surface area contributed by atoms with E-state index in [1.54, 1.807) is 7.11 Å². The highest BCUT2D eigenvalue weighted by atomic mass is 79.9. The molecule has 1 N–H and O–H groups in total. The number of hydrogen-bond donors (Lipinski definition) is 1. The van der Waals surface area contributed by atoms with Crippen molar-refractivity contribution in [2.45, 2.75) is 11.2 Å². The van der Waals surface area contributed by atoms with Crippen LogP contribution >= 0.6 is 15.9 Å². The minimum absolute atomic E-state index is 0.111. The molecule has 6 heteroatoms. The molecule has 18 heavy (non-hydrogen) atoms. The predicted molar refractivity (Wildman–Crippen MR) is 67.9 cm³/mol. The Labute approximate surface area is 113 Å². The Morgan fingerprint density at radius 2 is 2.22 bits per heavy atom. The molecule has 0 spiro atoms. The Morgan fingerprint density at radius 1 is 1.50 bits per heavy atom. The van der Waals surface area contributed by atoms with E-state index in [2.05, 4.69) is 21.2 Å². The van der Waals surface area contributed by atoms with Gasteiger partial charge < -0.3 is 10.1 Å². The molecular weight excluding hydrogens is 308 g/mol. The summed E-state index contributed by atoms with van der Waals surface area (Å²) < 4.78 is 31.1. The summed E-state index contributed by atoms with van der Waals surface area (Å²) in [6.45, 7) is 0.873. The lowest BCUT2D eigenvalue weighted by molar-refractivity contribution is 0.0947. The molecule has 1 aromatic carbocycles. The molecule has 0 aliphatic heterocycles. The topological polar surface area (TPSA) is 38.3 Å². The van der Waals surface area contributed by atoms with Crippen LogP contribution in [0.1, 0.15) is 16.8 Å². The van der Waals surface area contributed by atoms with E-state index in [0.29, 0.717) is 19.6 Å². The standard InChI is InChI=1S/C12H14BrF2NO2/c1-18-7-8(13)5-6-16-12(17)9-3-2-4-10(14)11(9)15/h2-4,8H,5-7H2,1H3,(H,16,17). The molecule has 1 amide bonds. The van der Waals surface area contributed by atoms with Crippen LogP contribution in [0.15, 0.2) is 18.2 Å². The number of carbonyl (C=O) groups is 1. The smallest absolute Gasteiger partial charge is 0.254 e. The highest BCUT2D eigenvalue weighted by molar-refractivity contribution is 9.09. The number of alkyl halides is 1. The van der Waals surface area contributed by atoms with E-state index < -0.39 is 17.5 Å². The van der Waals surface area contributed by atoms with Gasteiger partial charge >= 0.3 is 0 Å². The zero-order chi connectivity index (χ0) is 13.5. The summed E-state index contributed by atoms with van der Waals surface area (Å²) in [5, 5.41) is 2.53. The molecule has 1 aromatic rings. The largest absolute Gasteiger partial charge is 0.384 e. The maximum atomic E-state index is 13.3. The maximum absolute atomic E-state index is 13.3. The first-order chi connectivity index (χ1) is 8.56. The first-order valence-corrected chi connectivity index (χ1v) is 6.33. The number of ether oxygens (including phenoxy) is 1. The molecule has 100 valence electrons. The van der Waals surface area contributed by atoms with Gasteiger partial charge in [-0.3, -0.25) is 4.79 Å². The fourth-order valence-corrected chi connectivity index (χ4v) is 1.87. The normalized spacial score (nSPS) is 12.2. The van der Waals surface area contributed by atoms with Gasteiger partial charge in [0.15, 0.2) is 11.6 Å². The fraction of sp³-hybridized carbons (Fsp3) is 0.417. The summed E-state index contributed by atoms with van der Waals surface area (Å²) in [6.07, 6.45) is 0.635. The monoisotopic (exact) mass is 321 g/mol. The number of benzene rings is 1. The summed E-state index contributed by atoms with van der Waals surface area (Å²) in [6, 6.07) is 3.51. The maximum Gasteiger partial charge on any atom is 0.254 e. The number of nitrogens with one attached hydrogen (secondary N) is 1. The number of carbonyl (C=O) groups excluding carboxylic acids is 1. The van der Waals surface area contributed by atoms with Gasteiger partial charge in [-0.05, 0) is 18.6 Å². The molecular formula is C12H14BrF2NO2. The third-order valence-electron chi connectivity index (χ3n) is 2.29. The van der Waals surface area contributed by atoms with E-state index in [1.807, 2.05) is 0 Å². The lowest BCUT2D eigenvalue weighted by Crippen LogP contribution is -2.27. The average Bonchev–Trinajstić information content (AvgIpc) is 2.33. The van der Waals surface area contributed by atoms with Crippen molar-refractivity contribution in [1.82, 2.24) is 5.32 Å². The van der Waals surface area contributed by atoms with Crippen molar-refractivity contribution in [2.24, 2.45) is 0 Å². The minimum atomic E-state index is -1.12. The van der Waals surface area contributed by atoms with Crippen LogP contribution < -0.4 is 5.32 Å². The van der Waals surface area contributed by atoms with Gasteiger partial charge in [0.25, 0.3) is 5.91 Å². The molecule has 0 radical (unpaired) electrons. The summed E-state index contributed by atoms with van der Waals surface area (Å²) in [5.74, 6) is -2.77. The van der Waals surface area contributed by atoms with Crippen LogP contribution in [0.25, 0.3) is 0 Å². The zero-order valence-corrected chi connectivity index (χ0v) is 11.5. The van der Waals surface area contributed by atoms with Crippen molar-refractivity contribution in [1.29, 1.82) is 0 Å². The van der Waals surface area contributed by atoms with Gasteiger partial charge in [0.1, 0.15) is 0 Å². The molecule has 0 bridgehead atoms. The van der Waals surface area contributed by atoms with Gasteiger partial charge in [-0.1, -0.05) is 22.0 Å². The van der Waals surface area contributed by atoms with Crippen molar-refractivity contribution in [2.75, 3.05) is 20.3 Å². The Balaban J connectivity index is 2.48. The van der Waals surface area contributed by atoms with Gasteiger partial charge in [0.2, 0.25) is 0 Å². The van der Waals surface area contributed by atoms with Gasteiger partial charge in [-0.25, -0.2) is 8.78 Å². The molecule has 0 saturated carbocycles. The van der Waals surface area contributed by atoms with E-state index in [4.69, 9.17) is 4.74 Å². The van der Waals surface area contributed by atoms with Crippen LogP contribution in [-0.4, -0.2) is 31.0 Å². The van der Waals surface area contributed by atoms with Gasteiger partial charge in [-0.15, -0.1) is 0 Å². The lowest BCUT2D eigenvalue weighted by atomic mass is 10.2. The second-order valence-corrected chi connectivity index (χ2v) is 4.99. The third kappa shape index (κ3) is 4.34. The highest BCUT2D eigenvalue weighted by Gasteiger charge is 2.14. The number of methoxy groups -OCH3 is 1. The summed E-state index contributed by atoms with van der Waals surface area (Å²) in [5.41, 5.74) is -0.284. The van der Waals surface area contributed by atoms with Gasteiger partial charge in [0, 0.05) is 18.5 Å². The summed E-state index contributed by atoms with van der Waals surface area (Å²) in [4.78, 5) is 11.7. The molecule has 0 saturated heterocycles. The van der Waals surface area contributed by atoms with Crippen LogP contribution in [0.4, 0.5) is 8.78 Å².